The smallest absolute Gasteiger partial charge is 0.198 e. The fourth-order valence-electron chi connectivity index (χ4n) is 2.76. The Morgan fingerprint density at radius 1 is 1.05 bits per heavy atom. The van der Waals surface area contributed by atoms with Crippen LogP contribution in [0, 0.1) is 16.7 Å². The van der Waals surface area contributed by atoms with Crippen LogP contribution in [0.25, 0.3) is 0 Å². The maximum atomic E-state index is 12.5. The van der Waals surface area contributed by atoms with E-state index in [0.717, 1.165) is 49.8 Å². The lowest BCUT2D eigenvalue weighted by atomic mass is 9.71. The van der Waals surface area contributed by atoms with E-state index in [1.807, 2.05) is 0 Å². The van der Waals surface area contributed by atoms with Gasteiger partial charge in [0.15, 0.2) is 0 Å². The summed E-state index contributed by atoms with van der Waals surface area (Å²) in [5.74, 6) is 0. The summed E-state index contributed by atoms with van der Waals surface area (Å²) in [5.41, 5.74) is -0.194. The van der Waals surface area contributed by atoms with Crippen molar-refractivity contribution in [3.05, 3.63) is 35.4 Å². The molecule has 102 valence electrons. The summed E-state index contributed by atoms with van der Waals surface area (Å²) in [6.07, 6.45) is 1.19. The van der Waals surface area contributed by atoms with E-state index in [0.29, 0.717) is 6.42 Å². The average Bonchev–Trinajstić information content (AvgIpc) is 2.39. The zero-order chi connectivity index (χ0) is 13.9. The van der Waals surface area contributed by atoms with Crippen molar-refractivity contribution in [1.82, 2.24) is 0 Å². The Labute approximate surface area is 111 Å². The van der Waals surface area contributed by atoms with E-state index < -0.39 is 11.7 Å². The molecule has 1 nitrogen and oxygen atoms in total. The Morgan fingerprint density at radius 3 is 2.11 bits per heavy atom. The van der Waals surface area contributed by atoms with Gasteiger partial charge in [-0.05, 0) is 37.0 Å². The molecule has 0 radical (unpaired) electrons. The van der Waals surface area contributed by atoms with Crippen LogP contribution < -0.4 is 0 Å². The SMILES string of the molecule is N#CC1(Cc2ccc(C(F)(F)F)cc2)CCCCC1. The molecule has 1 aliphatic rings. The van der Waals surface area contributed by atoms with E-state index in [2.05, 4.69) is 6.07 Å². The minimum Gasteiger partial charge on any atom is -0.198 e. The minimum atomic E-state index is -4.30. The number of rotatable bonds is 2. The van der Waals surface area contributed by atoms with Gasteiger partial charge in [-0.3, -0.25) is 0 Å². The highest BCUT2D eigenvalue weighted by molar-refractivity contribution is 5.26. The van der Waals surface area contributed by atoms with Crippen LogP contribution in [0.5, 0.6) is 0 Å². The Hall–Kier alpha value is -1.50. The molecule has 1 aliphatic carbocycles. The zero-order valence-electron chi connectivity index (χ0n) is 10.6. The second kappa shape index (κ2) is 5.24. The number of nitriles is 1. The molecule has 1 fully saturated rings. The van der Waals surface area contributed by atoms with Crippen molar-refractivity contribution in [2.75, 3.05) is 0 Å². The zero-order valence-corrected chi connectivity index (χ0v) is 10.6. The van der Waals surface area contributed by atoms with Crippen molar-refractivity contribution >= 4 is 0 Å². The first-order valence-corrected chi connectivity index (χ1v) is 6.53. The highest BCUT2D eigenvalue weighted by atomic mass is 19.4. The van der Waals surface area contributed by atoms with E-state index in [9.17, 15) is 18.4 Å². The lowest BCUT2D eigenvalue weighted by Crippen LogP contribution is -2.24. The predicted octanol–water partition coefficient (Wildman–Crippen LogP) is 4.72. The monoisotopic (exact) mass is 267 g/mol. The van der Waals surface area contributed by atoms with Gasteiger partial charge in [0.2, 0.25) is 0 Å². The number of hydrogen-bond acceptors (Lipinski definition) is 1. The molecule has 1 aromatic rings. The molecule has 0 unspecified atom stereocenters. The number of halogens is 3. The van der Waals surface area contributed by atoms with Crippen LogP contribution in [0.2, 0.25) is 0 Å². The third-order valence-electron chi connectivity index (χ3n) is 3.87. The van der Waals surface area contributed by atoms with Gasteiger partial charge in [-0.15, -0.1) is 0 Å². The van der Waals surface area contributed by atoms with Gasteiger partial charge in [0.25, 0.3) is 0 Å². The topological polar surface area (TPSA) is 23.8 Å². The minimum absolute atomic E-state index is 0.377. The van der Waals surface area contributed by atoms with Crippen molar-refractivity contribution in [2.24, 2.45) is 5.41 Å². The molecular weight excluding hydrogens is 251 g/mol. The molecule has 1 saturated carbocycles. The molecule has 0 spiro atoms. The number of nitrogens with zero attached hydrogens (tertiary/aromatic N) is 1. The first-order chi connectivity index (χ1) is 8.95. The Balaban J connectivity index is 2.13. The Bertz CT molecular complexity index is 462. The third kappa shape index (κ3) is 3.28. The molecule has 0 aliphatic heterocycles. The van der Waals surface area contributed by atoms with Gasteiger partial charge in [-0.2, -0.15) is 18.4 Å². The van der Waals surface area contributed by atoms with E-state index in [1.165, 1.54) is 12.1 Å². The van der Waals surface area contributed by atoms with Crippen LogP contribution in [-0.4, -0.2) is 0 Å². The largest absolute Gasteiger partial charge is 0.416 e. The van der Waals surface area contributed by atoms with Gasteiger partial charge in [-0.1, -0.05) is 31.4 Å². The molecule has 0 saturated heterocycles. The van der Waals surface area contributed by atoms with E-state index in [1.54, 1.807) is 0 Å². The molecular formula is C15H16F3N. The maximum Gasteiger partial charge on any atom is 0.416 e. The molecule has 0 bridgehead atoms. The summed E-state index contributed by atoms with van der Waals surface area (Å²) in [5, 5.41) is 9.36. The summed E-state index contributed by atoms with van der Waals surface area (Å²) in [4.78, 5) is 0. The summed E-state index contributed by atoms with van der Waals surface area (Å²) in [7, 11) is 0. The summed E-state index contributed by atoms with van der Waals surface area (Å²) >= 11 is 0. The normalized spacial score (nSPS) is 18.8. The van der Waals surface area contributed by atoms with Crippen molar-refractivity contribution < 1.29 is 13.2 Å². The quantitative estimate of drug-likeness (QED) is 0.760. The highest BCUT2D eigenvalue weighted by Gasteiger charge is 2.33. The number of alkyl halides is 3. The number of hydrogen-bond donors (Lipinski definition) is 0. The maximum absolute atomic E-state index is 12.5. The molecule has 0 N–H and O–H groups in total. The molecule has 0 amide bonds. The van der Waals surface area contributed by atoms with Gasteiger partial charge >= 0.3 is 6.18 Å². The third-order valence-corrected chi connectivity index (χ3v) is 3.87. The highest BCUT2D eigenvalue weighted by Crippen LogP contribution is 2.39. The Morgan fingerprint density at radius 2 is 1.63 bits per heavy atom. The first-order valence-electron chi connectivity index (χ1n) is 6.53. The fraction of sp³-hybridized carbons (Fsp3) is 0.533. The lowest BCUT2D eigenvalue weighted by Gasteiger charge is -2.30. The summed E-state index contributed by atoms with van der Waals surface area (Å²) in [6.45, 7) is 0. The molecule has 0 aromatic heterocycles. The second-order valence-electron chi connectivity index (χ2n) is 5.32. The second-order valence-corrected chi connectivity index (χ2v) is 5.32. The summed E-state index contributed by atoms with van der Waals surface area (Å²) in [6, 6.07) is 7.58. The van der Waals surface area contributed by atoms with Crippen molar-refractivity contribution in [3.8, 4) is 6.07 Å². The van der Waals surface area contributed by atoms with Gasteiger partial charge < -0.3 is 0 Å². The standard InChI is InChI=1S/C15H16F3N/c16-15(17,18)13-6-4-12(5-7-13)10-14(11-19)8-2-1-3-9-14/h4-7H,1-3,8-10H2. The van der Waals surface area contributed by atoms with Crippen LogP contribution in [-0.2, 0) is 12.6 Å². The average molecular weight is 267 g/mol. The molecule has 4 heteroatoms. The summed E-state index contributed by atoms with van der Waals surface area (Å²) < 4.78 is 37.4. The van der Waals surface area contributed by atoms with Gasteiger partial charge in [0, 0.05) is 0 Å². The molecule has 19 heavy (non-hydrogen) atoms. The van der Waals surface area contributed by atoms with Crippen molar-refractivity contribution in [1.29, 1.82) is 5.26 Å². The van der Waals surface area contributed by atoms with Gasteiger partial charge in [0.1, 0.15) is 0 Å². The van der Waals surface area contributed by atoms with Crippen LogP contribution in [0.3, 0.4) is 0 Å². The van der Waals surface area contributed by atoms with Crippen LogP contribution in [0.1, 0.15) is 43.2 Å². The van der Waals surface area contributed by atoms with Crippen LogP contribution in [0.4, 0.5) is 13.2 Å². The molecule has 0 heterocycles. The van der Waals surface area contributed by atoms with E-state index >= 15 is 0 Å². The van der Waals surface area contributed by atoms with Gasteiger partial charge in [-0.25, -0.2) is 0 Å². The van der Waals surface area contributed by atoms with Crippen molar-refractivity contribution in [3.63, 3.8) is 0 Å². The van der Waals surface area contributed by atoms with E-state index in [4.69, 9.17) is 0 Å². The Kier molecular flexibility index (Phi) is 3.84. The predicted molar refractivity (Wildman–Crippen MR) is 66.3 cm³/mol. The van der Waals surface area contributed by atoms with Crippen LogP contribution >= 0.6 is 0 Å². The van der Waals surface area contributed by atoms with Crippen molar-refractivity contribution in [2.45, 2.75) is 44.7 Å². The molecule has 0 atom stereocenters. The number of benzene rings is 1. The van der Waals surface area contributed by atoms with Gasteiger partial charge in [0.05, 0.1) is 17.0 Å². The lowest BCUT2D eigenvalue weighted by molar-refractivity contribution is -0.137. The molecule has 1 aromatic carbocycles. The first kappa shape index (κ1) is 13.9. The fourth-order valence-corrected chi connectivity index (χ4v) is 2.76. The molecule has 2 rings (SSSR count). The van der Waals surface area contributed by atoms with Crippen LogP contribution in [0.15, 0.2) is 24.3 Å². The van der Waals surface area contributed by atoms with E-state index in [-0.39, 0.29) is 5.41 Å².